The number of halogens is 2. The highest BCUT2D eigenvalue weighted by atomic mass is 35.5. The van der Waals surface area contributed by atoms with Gasteiger partial charge in [-0.05, 0) is 54.2 Å². The lowest BCUT2D eigenvalue weighted by atomic mass is 9.95. The molecule has 0 saturated heterocycles. The Morgan fingerprint density at radius 3 is 2.38 bits per heavy atom. The van der Waals surface area contributed by atoms with Crippen LogP contribution in [0, 0.1) is 0 Å². The zero-order valence-corrected chi connectivity index (χ0v) is 13.9. The summed E-state index contributed by atoms with van der Waals surface area (Å²) in [7, 11) is 0. The van der Waals surface area contributed by atoms with Gasteiger partial charge in [0.25, 0.3) is 0 Å². The van der Waals surface area contributed by atoms with Crippen LogP contribution in [0.3, 0.4) is 0 Å². The van der Waals surface area contributed by atoms with Crippen LogP contribution in [-0.2, 0) is 6.42 Å². The number of hydrogen-bond acceptors (Lipinski definition) is 2. The number of pyridine rings is 1. The fourth-order valence-corrected chi connectivity index (χ4v) is 2.98. The summed E-state index contributed by atoms with van der Waals surface area (Å²) in [6.07, 6.45) is 0.750. The van der Waals surface area contributed by atoms with E-state index in [2.05, 4.69) is 25.8 Å². The van der Waals surface area contributed by atoms with Gasteiger partial charge in [-0.15, -0.1) is 0 Å². The monoisotopic (exact) mass is 323 g/mol. The first-order chi connectivity index (χ1) is 9.88. The van der Waals surface area contributed by atoms with Gasteiger partial charge in [-0.2, -0.15) is 0 Å². The maximum absolute atomic E-state index is 9.61. The van der Waals surface area contributed by atoms with Crippen LogP contribution < -0.4 is 0 Å². The molecule has 2 rings (SSSR count). The number of aromatic nitrogens is 1. The second-order valence-corrected chi connectivity index (χ2v) is 6.45. The summed E-state index contributed by atoms with van der Waals surface area (Å²) in [5.41, 5.74) is 2.83. The molecule has 1 unspecified atom stereocenters. The molecule has 1 aromatic heterocycles. The number of phenolic OH excluding ortho intramolecular Hbond substituents is 1. The van der Waals surface area contributed by atoms with Crippen LogP contribution >= 0.6 is 23.2 Å². The molecule has 0 radical (unpaired) electrons. The molecule has 1 heterocycles. The molecule has 0 amide bonds. The first-order valence-corrected chi connectivity index (χ1v) is 7.77. The van der Waals surface area contributed by atoms with Gasteiger partial charge in [0.05, 0.1) is 10.7 Å². The molecule has 0 spiro atoms. The van der Waals surface area contributed by atoms with Gasteiger partial charge in [-0.1, -0.05) is 44.0 Å². The maximum atomic E-state index is 9.61. The van der Waals surface area contributed by atoms with Crippen molar-refractivity contribution in [1.29, 1.82) is 0 Å². The topological polar surface area (TPSA) is 33.1 Å². The molecule has 0 aliphatic heterocycles. The molecule has 0 saturated carbocycles. The Balaban J connectivity index is 2.25. The Bertz CT molecular complexity index is 641. The fraction of sp³-hybridized carbons (Fsp3) is 0.353. The molecule has 21 heavy (non-hydrogen) atoms. The van der Waals surface area contributed by atoms with Crippen molar-refractivity contribution in [2.45, 2.75) is 39.0 Å². The second-order valence-electron chi connectivity index (χ2n) is 5.64. The minimum absolute atomic E-state index is 0.165. The van der Waals surface area contributed by atoms with Crippen molar-refractivity contribution in [2.24, 2.45) is 0 Å². The van der Waals surface area contributed by atoms with E-state index < -0.39 is 0 Å². The summed E-state index contributed by atoms with van der Waals surface area (Å²) in [6.45, 7) is 6.23. The van der Waals surface area contributed by atoms with E-state index in [1.807, 2.05) is 12.1 Å². The van der Waals surface area contributed by atoms with E-state index in [4.69, 9.17) is 23.2 Å². The fourth-order valence-electron chi connectivity index (χ4n) is 2.35. The zero-order valence-electron chi connectivity index (χ0n) is 12.4. The normalized spacial score (nSPS) is 12.7. The number of aromatic hydroxyl groups is 1. The third kappa shape index (κ3) is 3.90. The van der Waals surface area contributed by atoms with Crippen LogP contribution in [0.4, 0.5) is 0 Å². The quantitative estimate of drug-likeness (QED) is 0.798. The average molecular weight is 324 g/mol. The Morgan fingerprint density at radius 2 is 1.71 bits per heavy atom. The Hall–Kier alpha value is -1.25. The highest BCUT2D eigenvalue weighted by Crippen LogP contribution is 2.31. The van der Waals surface area contributed by atoms with E-state index in [1.165, 1.54) is 0 Å². The molecule has 4 heteroatoms. The number of nitrogens with zero attached hydrogens (tertiary/aromatic N) is 1. The van der Waals surface area contributed by atoms with Crippen molar-refractivity contribution in [1.82, 2.24) is 4.98 Å². The molecule has 1 aromatic carbocycles. The third-order valence-corrected chi connectivity index (χ3v) is 4.17. The largest absolute Gasteiger partial charge is 0.508 e. The van der Waals surface area contributed by atoms with Gasteiger partial charge in [0.1, 0.15) is 5.75 Å². The molecule has 2 nitrogen and oxygen atoms in total. The van der Waals surface area contributed by atoms with Gasteiger partial charge in [0.2, 0.25) is 0 Å². The Labute approximate surface area is 135 Å². The molecule has 1 N–H and O–H groups in total. The second kappa shape index (κ2) is 6.67. The highest BCUT2D eigenvalue weighted by molar-refractivity contribution is 6.31. The van der Waals surface area contributed by atoms with Gasteiger partial charge in [0.15, 0.2) is 0 Å². The van der Waals surface area contributed by atoms with Crippen molar-refractivity contribution in [3.63, 3.8) is 0 Å². The van der Waals surface area contributed by atoms with Crippen molar-refractivity contribution in [2.75, 3.05) is 0 Å². The smallest absolute Gasteiger partial charge is 0.115 e. The summed E-state index contributed by atoms with van der Waals surface area (Å²) in [5.74, 6) is 0.684. The van der Waals surface area contributed by atoms with E-state index in [0.29, 0.717) is 10.0 Å². The molecule has 1 atom stereocenters. The van der Waals surface area contributed by atoms with Crippen LogP contribution in [0.1, 0.15) is 49.6 Å². The standard InChI is InChI=1S/C17H19Cl2NO/c1-10(2)17-16(19)6-4-12(20-17)8-11(3)14-9-13(21)5-7-15(14)18/h4-7,9-11,21H,8H2,1-3H3. The minimum atomic E-state index is 0.165. The van der Waals surface area contributed by atoms with E-state index in [-0.39, 0.29) is 17.6 Å². The van der Waals surface area contributed by atoms with Crippen molar-refractivity contribution in [3.8, 4) is 5.75 Å². The number of benzene rings is 1. The molecular weight excluding hydrogens is 305 g/mol. The van der Waals surface area contributed by atoms with Gasteiger partial charge < -0.3 is 5.11 Å². The number of rotatable bonds is 4. The van der Waals surface area contributed by atoms with Gasteiger partial charge >= 0.3 is 0 Å². The lowest BCUT2D eigenvalue weighted by Gasteiger charge is -2.15. The Morgan fingerprint density at radius 1 is 1.05 bits per heavy atom. The van der Waals surface area contributed by atoms with Crippen molar-refractivity contribution >= 4 is 23.2 Å². The first-order valence-electron chi connectivity index (χ1n) is 7.02. The lowest BCUT2D eigenvalue weighted by Crippen LogP contribution is -2.04. The van der Waals surface area contributed by atoms with E-state index in [9.17, 15) is 5.11 Å². The SMILES string of the molecule is CC(C)c1nc(CC(C)c2cc(O)ccc2Cl)ccc1Cl. The zero-order chi connectivity index (χ0) is 15.6. The Kier molecular flexibility index (Phi) is 5.13. The van der Waals surface area contributed by atoms with Crippen molar-refractivity contribution < 1.29 is 5.11 Å². The number of hydrogen-bond donors (Lipinski definition) is 1. The predicted octanol–water partition coefficient (Wildman–Crippen LogP) is 5.56. The van der Waals surface area contributed by atoms with Crippen LogP contribution in [0.15, 0.2) is 30.3 Å². The average Bonchev–Trinajstić information content (AvgIpc) is 2.43. The summed E-state index contributed by atoms with van der Waals surface area (Å²) in [5, 5.41) is 11.0. The molecular formula is C17H19Cl2NO. The predicted molar refractivity (Wildman–Crippen MR) is 88.6 cm³/mol. The number of phenols is 1. The van der Waals surface area contributed by atoms with E-state index in [1.54, 1.807) is 18.2 Å². The molecule has 2 aromatic rings. The minimum Gasteiger partial charge on any atom is -0.508 e. The lowest BCUT2D eigenvalue weighted by molar-refractivity contribution is 0.474. The molecule has 0 bridgehead atoms. The van der Waals surface area contributed by atoms with Gasteiger partial charge in [0, 0.05) is 10.7 Å². The third-order valence-electron chi connectivity index (χ3n) is 3.50. The molecule has 0 fully saturated rings. The van der Waals surface area contributed by atoms with Gasteiger partial charge in [-0.25, -0.2) is 0 Å². The summed E-state index contributed by atoms with van der Waals surface area (Å²) < 4.78 is 0. The summed E-state index contributed by atoms with van der Waals surface area (Å²) in [6, 6.07) is 8.87. The molecule has 0 aliphatic carbocycles. The van der Waals surface area contributed by atoms with E-state index in [0.717, 1.165) is 23.4 Å². The maximum Gasteiger partial charge on any atom is 0.115 e. The van der Waals surface area contributed by atoms with Crippen LogP contribution in [-0.4, -0.2) is 10.1 Å². The van der Waals surface area contributed by atoms with Gasteiger partial charge in [-0.3, -0.25) is 4.98 Å². The highest BCUT2D eigenvalue weighted by Gasteiger charge is 2.14. The van der Waals surface area contributed by atoms with E-state index >= 15 is 0 Å². The first kappa shape index (κ1) is 16.1. The molecule has 112 valence electrons. The summed E-state index contributed by atoms with van der Waals surface area (Å²) in [4.78, 5) is 4.65. The summed E-state index contributed by atoms with van der Waals surface area (Å²) >= 11 is 12.4. The molecule has 0 aliphatic rings. The van der Waals surface area contributed by atoms with Crippen molar-refractivity contribution in [3.05, 3.63) is 57.3 Å². The van der Waals surface area contributed by atoms with Crippen LogP contribution in [0.2, 0.25) is 10.0 Å². The van der Waals surface area contributed by atoms with Crippen LogP contribution in [0.25, 0.3) is 0 Å². The van der Waals surface area contributed by atoms with Crippen LogP contribution in [0.5, 0.6) is 5.75 Å².